The molecular formula is C29H29N5O3. The molecule has 1 saturated heterocycles. The Morgan fingerprint density at radius 1 is 1.08 bits per heavy atom. The highest BCUT2D eigenvalue weighted by Crippen LogP contribution is 2.40. The number of fused-ring (bicyclic) bond motifs is 1. The van der Waals surface area contributed by atoms with Crippen molar-refractivity contribution in [1.29, 1.82) is 0 Å². The van der Waals surface area contributed by atoms with Crippen LogP contribution in [0.3, 0.4) is 0 Å². The Morgan fingerprint density at radius 2 is 1.78 bits per heavy atom. The van der Waals surface area contributed by atoms with E-state index in [1.807, 2.05) is 79.9 Å². The van der Waals surface area contributed by atoms with E-state index in [1.54, 1.807) is 4.90 Å². The highest BCUT2D eigenvalue weighted by molar-refractivity contribution is 6.03. The number of para-hydroxylation sites is 1. The van der Waals surface area contributed by atoms with Gasteiger partial charge in [-0.15, -0.1) is 6.42 Å². The molecule has 1 aliphatic heterocycles. The highest BCUT2D eigenvalue weighted by Gasteiger charge is 2.34. The number of terminal acetylenes is 1. The van der Waals surface area contributed by atoms with Crippen LogP contribution in [0.1, 0.15) is 38.9 Å². The molecule has 188 valence electrons. The molecule has 0 unspecified atom stereocenters. The fourth-order valence-corrected chi connectivity index (χ4v) is 4.69. The van der Waals surface area contributed by atoms with E-state index in [1.165, 1.54) is 6.33 Å². The quantitative estimate of drug-likeness (QED) is 0.368. The smallest absolute Gasteiger partial charge is 0.410 e. The van der Waals surface area contributed by atoms with Crippen molar-refractivity contribution < 1.29 is 14.3 Å². The maximum absolute atomic E-state index is 12.7. The first-order valence-electron chi connectivity index (χ1n) is 12.2. The molecule has 8 nitrogen and oxygen atoms in total. The summed E-state index contributed by atoms with van der Waals surface area (Å²) in [7, 11) is 0. The van der Waals surface area contributed by atoms with Gasteiger partial charge < -0.3 is 24.7 Å². The van der Waals surface area contributed by atoms with Crippen molar-refractivity contribution in [1.82, 2.24) is 19.4 Å². The van der Waals surface area contributed by atoms with E-state index in [2.05, 4.69) is 15.9 Å². The average Bonchev–Trinajstić information content (AvgIpc) is 3.47. The monoisotopic (exact) mass is 495 g/mol. The zero-order valence-corrected chi connectivity index (χ0v) is 21.1. The maximum atomic E-state index is 12.7. The number of benzene rings is 2. The second kappa shape index (κ2) is 9.51. The lowest BCUT2D eigenvalue weighted by Crippen LogP contribution is -2.35. The van der Waals surface area contributed by atoms with Gasteiger partial charge in [0, 0.05) is 18.7 Å². The van der Waals surface area contributed by atoms with Crippen LogP contribution in [-0.2, 0) is 4.74 Å². The van der Waals surface area contributed by atoms with Crippen LogP contribution in [0, 0.1) is 12.3 Å². The fraction of sp³-hybridized carbons (Fsp3) is 0.276. The first-order chi connectivity index (χ1) is 17.7. The second-order valence-electron chi connectivity index (χ2n) is 10.0. The van der Waals surface area contributed by atoms with Crippen molar-refractivity contribution in [2.75, 3.05) is 18.8 Å². The summed E-state index contributed by atoms with van der Waals surface area (Å²) < 4.78 is 13.5. The number of anilines is 1. The van der Waals surface area contributed by atoms with Gasteiger partial charge >= 0.3 is 6.09 Å². The van der Waals surface area contributed by atoms with Crippen molar-refractivity contribution in [3.8, 4) is 35.0 Å². The first-order valence-corrected chi connectivity index (χ1v) is 12.2. The summed E-state index contributed by atoms with van der Waals surface area (Å²) in [6.45, 7) is 6.59. The number of rotatable bonds is 4. The summed E-state index contributed by atoms with van der Waals surface area (Å²) in [5.41, 5.74) is 8.76. The highest BCUT2D eigenvalue weighted by atomic mass is 16.6. The maximum Gasteiger partial charge on any atom is 0.410 e. The minimum atomic E-state index is -0.565. The minimum Gasteiger partial charge on any atom is -0.457 e. The molecule has 8 heteroatoms. The van der Waals surface area contributed by atoms with Crippen LogP contribution >= 0.6 is 0 Å². The van der Waals surface area contributed by atoms with E-state index in [4.69, 9.17) is 21.6 Å². The molecule has 2 aromatic heterocycles. The number of likely N-dealkylation sites (tertiary alicyclic amines) is 1. The molecule has 0 saturated carbocycles. The van der Waals surface area contributed by atoms with Gasteiger partial charge in [-0.05, 0) is 57.0 Å². The summed E-state index contributed by atoms with van der Waals surface area (Å²) in [4.78, 5) is 23.2. The molecule has 2 N–H and O–H groups in total. The van der Waals surface area contributed by atoms with Gasteiger partial charge in [0.15, 0.2) is 0 Å². The third-order valence-electron chi connectivity index (χ3n) is 6.25. The average molecular weight is 496 g/mol. The summed E-state index contributed by atoms with van der Waals surface area (Å²) in [6, 6.07) is 17.2. The normalized spacial score (nSPS) is 15.5. The molecule has 0 radical (unpaired) electrons. The molecule has 1 amide bonds. The number of carbonyl (C=O) groups is 1. The molecule has 37 heavy (non-hydrogen) atoms. The van der Waals surface area contributed by atoms with Gasteiger partial charge in [0.2, 0.25) is 0 Å². The van der Waals surface area contributed by atoms with Crippen LogP contribution in [0.5, 0.6) is 11.5 Å². The van der Waals surface area contributed by atoms with E-state index in [0.717, 1.165) is 16.9 Å². The van der Waals surface area contributed by atoms with Crippen molar-refractivity contribution in [2.24, 2.45) is 0 Å². The van der Waals surface area contributed by atoms with E-state index < -0.39 is 5.60 Å². The lowest BCUT2D eigenvalue weighted by molar-refractivity contribution is 0.0289. The molecule has 3 heterocycles. The van der Waals surface area contributed by atoms with Crippen molar-refractivity contribution >= 4 is 22.9 Å². The number of carbonyl (C=O) groups excluding carboxylic acids is 1. The topological polar surface area (TPSA) is 95.5 Å². The predicted molar refractivity (Wildman–Crippen MR) is 143 cm³/mol. The van der Waals surface area contributed by atoms with Gasteiger partial charge in [0.05, 0.1) is 11.4 Å². The number of aromatic nitrogens is 3. The molecule has 0 bridgehead atoms. The zero-order chi connectivity index (χ0) is 26.2. The van der Waals surface area contributed by atoms with Gasteiger partial charge in [-0.3, -0.25) is 0 Å². The number of nitrogens with two attached hydrogens (primary N) is 1. The fourth-order valence-electron chi connectivity index (χ4n) is 4.69. The second-order valence-corrected chi connectivity index (χ2v) is 10.0. The molecule has 0 aliphatic carbocycles. The summed E-state index contributed by atoms with van der Waals surface area (Å²) in [6.07, 6.45) is 7.91. The van der Waals surface area contributed by atoms with Gasteiger partial charge in [0.1, 0.15) is 40.6 Å². The van der Waals surface area contributed by atoms with Gasteiger partial charge in [-0.1, -0.05) is 36.3 Å². The van der Waals surface area contributed by atoms with Crippen LogP contribution in [0.4, 0.5) is 10.6 Å². The third-order valence-corrected chi connectivity index (χ3v) is 6.25. The molecule has 5 rings (SSSR count). The molecule has 2 aromatic carbocycles. The summed E-state index contributed by atoms with van der Waals surface area (Å²) >= 11 is 0. The Hall–Kier alpha value is -4.51. The van der Waals surface area contributed by atoms with E-state index in [-0.39, 0.29) is 12.1 Å². The summed E-state index contributed by atoms with van der Waals surface area (Å²) in [5, 5.41) is 0.697. The van der Waals surface area contributed by atoms with E-state index in [0.29, 0.717) is 47.8 Å². The number of ether oxygens (including phenoxy) is 2. The Kier molecular flexibility index (Phi) is 6.22. The number of nitrogens with zero attached hydrogens (tertiary/aromatic N) is 4. The van der Waals surface area contributed by atoms with Gasteiger partial charge in [0.25, 0.3) is 0 Å². The molecular weight excluding hydrogens is 466 g/mol. The first kappa shape index (κ1) is 24.2. The molecule has 4 aromatic rings. The van der Waals surface area contributed by atoms with Crippen LogP contribution in [0.2, 0.25) is 0 Å². The van der Waals surface area contributed by atoms with Gasteiger partial charge in [-0.25, -0.2) is 14.8 Å². The number of nitrogen functional groups attached to an aromatic ring is 1. The van der Waals surface area contributed by atoms with Crippen LogP contribution in [-0.4, -0.2) is 44.2 Å². The largest absolute Gasteiger partial charge is 0.457 e. The van der Waals surface area contributed by atoms with Gasteiger partial charge in [-0.2, -0.15) is 0 Å². The van der Waals surface area contributed by atoms with Crippen molar-refractivity contribution in [3.05, 3.63) is 66.6 Å². The third kappa shape index (κ3) is 4.81. The Bertz CT molecular complexity index is 1480. The lowest BCUT2D eigenvalue weighted by atomic mass is 10.0. The van der Waals surface area contributed by atoms with Crippen LogP contribution < -0.4 is 10.5 Å². The number of amides is 1. The van der Waals surface area contributed by atoms with E-state index >= 15 is 0 Å². The Balaban J connectivity index is 1.52. The zero-order valence-electron chi connectivity index (χ0n) is 21.1. The van der Waals surface area contributed by atoms with Crippen LogP contribution in [0.15, 0.2) is 60.9 Å². The molecule has 1 fully saturated rings. The molecule has 1 atom stereocenters. The number of hydrogen-bond acceptors (Lipinski definition) is 6. The Morgan fingerprint density at radius 3 is 2.46 bits per heavy atom. The minimum absolute atomic E-state index is 0.0789. The lowest BCUT2D eigenvalue weighted by Gasteiger charge is -2.24. The predicted octanol–water partition coefficient (Wildman–Crippen LogP) is 5.64. The summed E-state index contributed by atoms with van der Waals surface area (Å²) in [5.74, 6) is 4.67. The number of hydrogen-bond donors (Lipinski definition) is 1. The molecule has 1 aliphatic rings. The van der Waals surface area contributed by atoms with Crippen molar-refractivity contribution in [2.45, 2.75) is 38.8 Å². The van der Waals surface area contributed by atoms with E-state index in [9.17, 15) is 4.79 Å². The Labute approximate surface area is 216 Å². The standard InChI is InChI=1S/C29H29N5O3/c1-5-23-24(19-11-13-22(14-12-19)36-21-9-7-6-8-10-21)25-26(30)31-18-32-27(25)34(23)20-15-16-33(17-20)28(35)37-29(2,3)4/h1,6-14,18,20H,15-17H2,2-4H3,(H2,30,31,32)/t20-/m1/s1. The van der Waals surface area contributed by atoms with Crippen molar-refractivity contribution in [3.63, 3.8) is 0 Å². The SMILES string of the molecule is C#Cc1c(-c2ccc(Oc3ccccc3)cc2)c2c(N)ncnc2n1[C@@H]1CCN(C(=O)OC(C)(C)C)C1. The van der Waals surface area contributed by atoms with Crippen LogP contribution in [0.25, 0.3) is 22.2 Å². The molecule has 0 spiro atoms.